The molecule has 0 fully saturated rings. The zero-order valence-electron chi connectivity index (χ0n) is 11.2. The second-order valence-electron chi connectivity index (χ2n) is 4.52. The van der Waals surface area contributed by atoms with Crippen LogP contribution < -0.4 is 5.73 Å². The van der Waals surface area contributed by atoms with E-state index in [-0.39, 0.29) is 17.8 Å². The molecule has 104 valence electrons. The first-order valence-corrected chi connectivity index (χ1v) is 6.24. The van der Waals surface area contributed by atoms with Crippen LogP contribution in [0.1, 0.15) is 29.3 Å². The minimum Gasteiger partial charge on any atom is -0.409 e. The normalized spacial score (nSPS) is 13.2. The number of aryl methyl sites for hydroxylation is 1. The van der Waals surface area contributed by atoms with Gasteiger partial charge in [-0.3, -0.25) is 4.79 Å². The Labute approximate surface area is 117 Å². The molecule has 0 bridgehead atoms. The van der Waals surface area contributed by atoms with E-state index < -0.39 is 0 Å². The quantitative estimate of drug-likeness (QED) is 0.385. The number of oxime groups is 1. The Balaban J connectivity index is 2.90. The first kappa shape index (κ1) is 15.3. The maximum Gasteiger partial charge on any atom is 0.254 e. The van der Waals surface area contributed by atoms with Gasteiger partial charge in [0, 0.05) is 30.1 Å². The number of benzene rings is 1. The summed E-state index contributed by atoms with van der Waals surface area (Å²) in [4.78, 5) is 13.9. The van der Waals surface area contributed by atoms with Crippen molar-refractivity contribution >= 4 is 23.3 Å². The molecule has 0 aliphatic rings. The van der Waals surface area contributed by atoms with Crippen LogP contribution in [0.2, 0.25) is 5.02 Å². The highest BCUT2D eigenvalue weighted by atomic mass is 35.5. The molecule has 0 spiro atoms. The zero-order chi connectivity index (χ0) is 14.6. The number of carbonyl (C=O) groups excluding carboxylic acids is 1. The minimum atomic E-state index is -0.179. The lowest BCUT2D eigenvalue weighted by molar-refractivity contribution is 0.0746. The lowest BCUT2D eigenvalue weighted by Gasteiger charge is -2.25. The van der Waals surface area contributed by atoms with Crippen molar-refractivity contribution in [3.05, 3.63) is 34.3 Å². The SMILES string of the molecule is Cc1ccc(Cl)cc1C(=O)N(C)C(C)C/C(N)=N/O. The van der Waals surface area contributed by atoms with E-state index >= 15 is 0 Å². The van der Waals surface area contributed by atoms with Crippen LogP contribution in [0.4, 0.5) is 0 Å². The fraction of sp³-hybridized carbons (Fsp3) is 0.385. The molecular formula is C13H18ClN3O2. The maximum atomic E-state index is 12.4. The lowest BCUT2D eigenvalue weighted by atomic mass is 10.1. The molecule has 1 rings (SSSR count). The summed E-state index contributed by atoms with van der Waals surface area (Å²) in [5.74, 6) is -0.0480. The Kier molecular flexibility index (Phi) is 5.18. The molecule has 19 heavy (non-hydrogen) atoms. The molecule has 0 radical (unpaired) electrons. The van der Waals surface area contributed by atoms with Gasteiger partial charge < -0.3 is 15.8 Å². The van der Waals surface area contributed by atoms with Crippen LogP contribution in [0.25, 0.3) is 0 Å². The molecule has 3 N–H and O–H groups in total. The van der Waals surface area contributed by atoms with Crippen molar-refractivity contribution < 1.29 is 10.0 Å². The van der Waals surface area contributed by atoms with Crippen LogP contribution in [0.5, 0.6) is 0 Å². The van der Waals surface area contributed by atoms with Crippen molar-refractivity contribution in [1.29, 1.82) is 0 Å². The van der Waals surface area contributed by atoms with E-state index in [0.29, 0.717) is 17.0 Å². The summed E-state index contributed by atoms with van der Waals surface area (Å²) in [7, 11) is 1.68. The summed E-state index contributed by atoms with van der Waals surface area (Å²) < 4.78 is 0. The van der Waals surface area contributed by atoms with Crippen LogP contribution in [0.3, 0.4) is 0 Å². The van der Waals surface area contributed by atoms with Crippen molar-refractivity contribution in [2.24, 2.45) is 10.9 Å². The van der Waals surface area contributed by atoms with Crippen molar-refractivity contribution in [2.75, 3.05) is 7.05 Å². The first-order valence-electron chi connectivity index (χ1n) is 5.86. The van der Waals surface area contributed by atoms with Gasteiger partial charge in [-0.25, -0.2) is 0 Å². The molecule has 1 amide bonds. The average molecular weight is 284 g/mol. The van der Waals surface area contributed by atoms with E-state index in [9.17, 15) is 4.79 Å². The Hall–Kier alpha value is -1.75. The molecule has 0 heterocycles. The van der Waals surface area contributed by atoms with Gasteiger partial charge in [-0.2, -0.15) is 0 Å². The Morgan fingerprint density at radius 3 is 2.79 bits per heavy atom. The van der Waals surface area contributed by atoms with E-state index in [0.717, 1.165) is 5.56 Å². The van der Waals surface area contributed by atoms with Gasteiger partial charge in [-0.15, -0.1) is 0 Å². The topological polar surface area (TPSA) is 78.9 Å². The third kappa shape index (κ3) is 3.86. The fourth-order valence-electron chi connectivity index (χ4n) is 1.70. The highest BCUT2D eigenvalue weighted by molar-refractivity contribution is 6.31. The van der Waals surface area contributed by atoms with Gasteiger partial charge in [0.1, 0.15) is 5.84 Å². The summed E-state index contributed by atoms with van der Waals surface area (Å²) in [5, 5.41) is 12.0. The maximum absolute atomic E-state index is 12.4. The Bertz CT molecular complexity index is 503. The molecule has 6 heteroatoms. The Morgan fingerprint density at radius 1 is 1.58 bits per heavy atom. The van der Waals surface area contributed by atoms with Crippen molar-refractivity contribution in [3.63, 3.8) is 0 Å². The van der Waals surface area contributed by atoms with E-state index in [2.05, 4.69) is 5.16 Å². The number of halogens is 1. The van der Waals surface area contributed by atoms with Crippen LogP contribution >= 0.6 is 11.6 Å². The standard InChI is InChI=1S/C13H18ClN3O2/c1-8-4-5-10(14)7-11(8)13(18)17(3)9(2)6-12(15)16-19/h4-5,7,9,19H,6H2,1-3H3,(H2,15,16). The zero-order valence-corrected chi connectivity index (χ0v) is 12.0. The monoisotopic (exact) mass is 283 g/mol. The van der Waals surface area contributed by atoms with E-state index in [1.54, 1.807) is 30.1 Å². The molecule has 0 aliphatic carbocycles. The van der Waals surface area contributed by atoms with Gasteiger partial charge in [-0.05, 0) is 31.5 Å². The number of nitrogens with two attached hydrogens (primary N) is 1. The molecule has 0 aromatic heterocycles. The van der Waals surface area contributed by atoms with Crippen molar-refractivity contribution in [2.45, 2.75) is 26.3 Å². The van der Waals surface area contributed by atoms with Gasteiger partial charge in [0.15, 0.2) is 0 Å². The number of rotatable bonds is 4. The molecule has 1 aromatic carbocycles. The second-order valence-corrected chi connectivity index (χ2v) is 4.96. The predicted molar refractivity (Wildman–Crippen MR) is 75.8 cm³/mol. The molecule has 1 aromatic rings. The van der Waals surface area contributed by atoms with Gasteiger partial charge in [0.2, 0.25) is 0 Å². The third-order valence-electron chi connectivity index (χ3n) is 3.04. The molecule has 0 aliphatic heterocycles. The van der Waals surface area contributed by atoms with Crippen LogP contribution in [0, 0.1) is 6.92 Å². The van der Waals surface area contributed by atoms with Crippen molar-refractivity contribution in [3.8, 4) is 0 Å². The molecule has 5 nitrogen and oxygen atoms in total. The number of nitrogens with zero attached hydrogens (tertiary/aromatic N) is 2. The largest absolute Gasteiger partial charge is 0.409 e. The molecule has 0 saturated carbocycles. The van der Waals surface area contributed by atoms with E-state index in [4.69, 9.17) is 22.5 Å². The van der Waals surface area contributed by atoms with Gasteiger partial charge in [-0.1, -0.05) is 22.8 Å². The number of amidine groups is 1. The highest BCUT2D eigenvalue weighted by Crippen LogP contribution is 2.18. The first-order chi connectivity index (χ1) is 8.86. The van der Waals surface area contributed by atoms with E-state index in [1.807, 2.05) is 13.8 Å². The highest BCUT2D eigenvalue weighted by Gasteiger charge is 2.20. The van der Waals surface area contributed by atoms with Crippen LogP contribution in [0.15, 0.2) is 23.4 Å². The minimum absolute atomic E-state index is 0.0926. The van der Waals surface area contributed by atoms with Gasteiger partial charge in [0.25, 0.3) is 5.91 Å². The van der Waals surface area contributed by atoms with Crippen molar-refractivity contribution in [1.82, 2.24) is 4.90 Å². The number of amides is 1. The summed E-state index contributed by atoms with van der Waals surface area (Å²) >= 11 is 5.91. The number of carbonyl (C=O) groups is 1. The predicted octanol–water partition coefficient (Wildman–Crippen LogP) is 2.25. The van der Waals surface area contributed by atoms with Gasteiger partial charge >= 0.3 is 0 Å². The number of hydrogen-bond donors (Lipinski definition) is 2. The molecular weight excluding hydrogens is 266 g/mol. The van der Waals surface area contributed by atoms with Crippen LogP contribution in [-0.2, 0) is 0 Å². The summed E-state index contributed by atoms with van der Waals surface area (Å²) in [6.45, 7) is 3.68. The lowest BCUT2D eigenvalue weighted by Crippen LogP contribution is -2.38. The molecule has 1 atom stereocenters. The summed E-state index contributed by atoms with van der Waals surface area (Å²) in [5.41, 5.74) is 6.86. The smallest absolute Gasteiger partial charge is 0.254 e. The number of hydrogen-bond acceptors (Lipinski definition) is 3. The fourth-order valence-corrected chi connectivity index (χ4v) is 1.87. The molecule has 0 saturated heterocycles. The van der Waals surface area contributed by atoms with E-state index in [1.165, 1.54) is 0 Å². The Morgan fingerprint density at radius 2 is 2.21 bits per heavy atom. The van der Waals surface area contributed by atoms with Crippen LogP contribution in [-0.4, -0.2) is 34.9 Å². The third-order valence-corrected chi connectivity index (χ3v) is 3.28. The average Bonchev–Trinajstić information content (AvgIpc) is 2.39. The second kappa shape index (κ2) is 6.43. The summed E-state index contributed by atoms with van der Waals surface area (Å²) in [6.07, 6.45) is 0.304. The molecule has 1 unspecified atom stereocenters. The summed E-state index contributed by atoms with van der Waals surface area (Å²) in [6, 6.07) is 5.01. The van der Waals surface area contributed by atoms with Gasteiger partial charge in [0.05, 0.1) is 0 Å².